The Hall–Kier alpha value is -2.61. The second kappa shape index (κ2) is 10.5. The van der Waals surface area contributed by atoms with Crippen LogP contribution in [0.15, 0.2) is 40.3 Å². The first-order valence-corrected chi connectivity index (χ1v) is 9.80. The zero-order valence-corrected chi connectivity index (χ0v) is 16.2. The predicted octanol–water partition coefficient (Wildman–Crippen LogP) is 3.02. The Morgan fingerprint density at radius 2 is 2.04 bits per heavy atom. The van der Waals surface area contributed by atoms with Crippen molar-refractivity contribution >= 4 is 29.3 Å². The largest absolute Gasteiger partial charge is 0.462 e. The molecule has 144 valence electrons. The maximum absolute atomic E-state index is 12.2. The molecule has 2 N–H and O–H groups in total. The molecule has 0 fully saturated rings. The third-order valence-corrected chi connectivity index (χ3v) is 4.31. The molecule has 1 amide bonds. The molecule has 0 unspecified atom stereocenters. The van der Waals surface area contributed by atoms with E-state index in [9.17, 15) is 14.4 Å². The average molecular weight is 389 g/mol. The minimum atomic E-state index is -0.420. The van der Waals surface area contributed by atoms with Gasteiger partial charge >= 0.3 is 5.97 Å². The van der Waals surface area contributed by atoms with Crippen molar-refractivity contribution in [2.24, 2.45) is 0 Å². The summed E-state index contributed by atoms with van der Waals surface area (Å²) in [6, 6.07) is 8.05. The van der Waals surface area contributed by atoms with E-state index in [2.05, 4.69) is 15.3 Å². The maximum Gasteiger partial charge on any atom is 0.338 e. The lowest BCUT2D eigenvalue weighted by molar-refractivity contribution is -0.113. The normalized spacial score (nSPS) is 10.4. The molecule has 0 aliphatic carbocycles. The van der Waals surface area contributed by atoms with Gasteiger partial charge in [0, 0.05) is 17.4 Å². The number of nitrogens with one attached hydrogen (secondary N) is 2. The number of hydrogen-bond donors (Lipinski definition) is 2. The molecule has 0 aliphatic rings. The quantitative estimate of drug-likeness (QED) is 0.388. The number of nitrogens with zero attached hydrogens (tertiary/aromatic N) is 1. The van der Waals surface area contributed by atoms with Crippen molar-refractivity contribution in [2.45, 2.75) is 38.3 Å². The Balaban J connectivity index is 1.94. The van der Waals surface area contributed by atoms with Crippen molar-refractivity contribution in [1.29, 1.82) is 0 Å². The number of H-pyrrole nitrogens is 1. The van der Waals surface area contributed by atoms with Crippen LogP contribution in [0.2, 0.25) is 0 Å². The van der Waals surface area contributed by atoms with Crippen LogP contribution in [0, 0.1) is 0 Å². The Morgan fingerprint density at radius 1 is 1.22 bits per heavy atom. The van der Waals surface area contributed by atoms with E-state index in [1.54, 1.807) is 24.3 Å². The van der Waals surface area contributed by atoms with Crippen LogP contribution >= 0.6 is 11.8 Å². The summed E-state index contributed by atoms with van der Waals surface area (Å²) in [7, 11) is 0. The van der Waals surface area contributed by atoms with Crippen molar-refractivity contribution in [2.75, 3.05) is 17.7 Å². The fraction of sp³-hybridized carbons (Fsp3) is 0.368. The van der Waals surface area contributed by atoms with Gasteiger partial charge in [-0.05, 0) is 31.0 Å². The number of aromatic amines is 1. The Labute approximate surface area is 161 Å². The molecule has 8 heteroatoms. The van der Waals surface area contributed by atoms with Crippen molar-refractivity contribution < 1.29 is 14.3 Å². The number of rotatable bonds is 9. The molecular formula is C19H23N3O4S. The number of carbonyl (C=O) groups is 2. The van der Waals surface area contributed by atoms with Gasteiger partial charge in [-0.15, -0.1) is 0 Å². The van der Waals surface area contributed by atoms with Gasteiger partial charge in [0.25, 0.3) is 5.56 Å². The summed E-state index contributed by atoms with van der Waals surface area (Å²) < 4.78 is 5.09. The molecule has 0 aliphatic heterocycles. The van der Waals surface area contributed by atoms with Gasteiger partial charge in [0.05, 0.1) is 17.9 Å². The number of aromatic nitrogens is 2. The van der Waals surface area contributed by atoms with Gasteiger partial charge < -0.3 is 15.0 Å². The van der Waals surface area contributed by atoms with Crippen molar-refractivity contribution in [3.63, 3.8) is 0 Å². The number of anilines is 1. The van der Waals surface area contributed by atoms with E-state index in [1.807, 2.05) is 13.8 Å². The fourth-order valence-electron chi connectivity index (χ4n) is 2.27. The number of carbonyl (C=O) groups excluding carboxylic acids is 2. The van der Waals surface area contributed by atoms with Gasteiger partial charge in [0.1, 0.15) is 0 Å². The fourth-order valence-corrected chi connectivity index (χ4v) is 2.96. The molecule has 0 atom stereocenters. The minimum absolute atomic E-state index is 0.0863. The van der Waals surface area contributed by atoms with Crippen LogP contribution < -0.4 is 10.9 Å². The van der Waals surface area contributed by atoms with E-state index in [0.717, 1.165) is 24.6 Å². The molecule has 0 bridgehead atoms. The first-order valence-electron chi connectivity index (χ1n) is 8.82. The molecule has 7 nitrogen and oxygen atoms in total. The smallest absolute Gasteiger partial charge is 0.338 e. The van der Waals surface area contributed by atoms with E-state index >= 15 is 0 Å². The Kier molecular flexibility index (Phi) is 8.06. The van der Waals surface area contributed by atoms with Crippen LogP contribution in [-0.4, -0.2) is 34.2 Å². The topological polar surface area (TPSA) is 101 Å². The summed E-state index contributed by atoms with van der Waals surface area (Å²) in [4.78, 5) is 42.7. The summed E-state index contributed by atoms with van der Waals surface area (Å²) in [5.41, 5.74) is 1.37. The first kappa shape index (κ1) is 20.7. The van der Waals surface area contributed by atoms with Gasteiger partial charge in [-0.2, -0.15) is 0 Å². The summed E-state index contributed by atoms with van der Waals surface area (Å²) in [6.45, 7) is 4.28. The molecule has 2 aromatic rings. The van der Waals surface area contributed by atoms with E-state index in [0.29, 0.717) is 35.1 Å². The zero-order valence-electron chi connectivity index (χ0n) is 15.4. The summed E-state index contributed by atoms with van der Waals surface area (Å²) >= 11 is 1.15. The van der Waals surface area contributed by atoms with Gasteiger partial charge in [-0.25, -0.2) is 9.78 Å². The second-order valence-corrected chi connectivity index (χ2v) is 6.81. The van der Waals surface area contributed by atoms with Crippen LogP contribution in [0.3, 0.4) is 0 Å². The molecular weight excluding hydrogens is 366 g/mol. The Bertz CT molecular complexity index is 851. The number of aryl methyl sites for hydroxylation is 1. The first-order chi connectivity index (χ1) is 13.0. The van der Waals surface area contributed by atoms with E-state index in [-0.39, 0.29) is 17.2 Å². The lowest BCUT2D eigenvalue weighted by Gasteiger charge is -2.08. The van der Waals surface area contributed by atoms with Crippen LogP contribution in [0.4, 0.5) is 5.69 Å². The van der Waals surface area contributed by atoms with E-state index in [1.165, 1.54) is 6.07 Å². The van der Waals surface area contributed by atoms with Gasteiger partial charge in [0.15, 0.2) is 5.16 Å². The molecule has 1 aromatic carbocycles. The summed E-state index contributed by atoms with van der Waals surface area (Å²) in [5, 5.41) is 3.15. The SMILES string of the molecule is CCCOC(=O)c1cccc(NC(=O)CSc2nc(CCC)cc(=O)[nH]2)c1. The molecule has 27 heavy (non-hydrogen) atoms. The molecule has 0 spiro atoms. The van der Waals surface area contributed by atoms with Gasteiger partial charge in [-0.1, -0.05) is 38.1 Å². The highest BCUT2D eigenvalue weighted by molar-refractivity contribution is 7.99. The number of esters is 1. The lowest BCUT2D eigenvalue weighted by atomic mass is 10.2. The number of hydrogen-bond acceptors (Lipinski definition) is 6. The number of thioether (sulfide) groups is 1. The monoisotopic (exact) mass is 389 g/mol. The molecule has 0 saturated carbocycles. The molecule has 1 aromatic heterocycles. The van der Waals surface area contributed by atoms with Crippen molar-refractivity contribution in [3.8, 4) is 0 Å². The maximum atomic E-state index is 12.2. The van der Waals surface area contributed by atoms with Crippen LogP contribution in [-0.2, 0) is 16.0 Å². The van der Waals surface area contributed by atoms with E-state index in [4.69, 9.17) is 4.74 Å². The van der Waals surface area contributed by atoms with Crippen molar-refractivity contribution in [1.82, 2.24) is 9.97 Å². The highest BCUT2D eigenvalue weighted by atomic mass is 32.2. The Morgan fingerprint density at radius 3 is 2.78 bits per heavy atom. The third kappa shape index (κ3) is 6.90. The number of amides is 1. The van der Waals surface area contributed by atoms with Crippen molar-refractivity contribution in [3.05, 3.63) is 51.9 Å². The standard InChI is InChI=1S/C19H23N3O4S/c1-3-6-14-11-16(23)22-19(21-14)27-12-17(24)20-15-8-5-7-13(10-15)18(25)26-9-4-2/h5,7-8,10-11H,3-4,6,9,12H2,1-2H3,(H,20,24)(H,21,22,23). The zero-order chi connectivity index (χ0) is 19.6. The van der Waals surface area contributed by atoms with Gasteiger partial charge in [0.2, 0.25) is 5.91 Å². The average Bonchev–Trinajstić information content (AvgIpc) is 2.64. The highest BCUT2D eigenvalue weighted by Crippen LogP contribution is 2.15. The minimum Gasteiger partial charge on any atom is -0.462 e. The number of benzene rings is 1. The van der Waals surface area contributed by atoms with Crippen LogP contribution in [0.1, 0.15) is 42.7 Å². The summed E-state index contributed by atoms with van der Waals surface area (Å²) in [5.74, 6) is -0.595. The van der Waals surface area contributed by atoms with Crippen LogP contribution in [0.25, 0.3) is 0 Å². The summed E-state index contributed by atoms with van der Waals surface area (Å²) in [6.07, 6.45) is 2.34. The molecule has 0 saturated heterocycles. The molecule has 1 heterocycles. The highest BCUT2D eigenvalue weighted by Gasteiger charge is 2.10. The second-order valence-electron chi connectivity index (χ2n) is 5.85. The lowest BCUT2D eigenvalue weighted by Crippen LogP contribution is -2.16. The van der Waals surface area contributed by atoms with Gasteiger partial charge in [-0.3, -0.25) is 9.59 Å². The molecule has 0 radical (unpaired) electrons. The number of ether oxygens (including phenoxy) is 1. The predicted molar refractivity (Wildman–Crippen MR) is 105 cm³/mol. The van der Waals surface area contributed by atoms with Crippen LogP contribution in [0.5, 0.6) is 0 Å². The molecule has 2 rings (SSSR count). The third-order valence-electron chi connectivity index (χ3n) is 3.44. The van der Waals surface area contributed by atoms with E-state index < -0.39 is 5.97 Å².